The van der Waals surface area contributed by atoms with E-state index in [0.717, 1.165) is 13.0 Å². The van der Waals surface area contributed by atoms with Crippen LogP contribution in [0.3, 0.4) is 0 Å². The van der Waals surface area contributed by atoms with E-state index in [1.807, 2.05) is 11.6 Å². The van der Waals surface area contributed by atoms with Crippen molar-refractivity contribution in [2.45, 2.75) is 18.9 Å². The molecule has 0 saturated carbocycles. The predicted molar refractivity (Wildman–Crippen MR) is 58.2 cm³/mol. The van der Waals surface area contributed by atoms with Gasteiger partial charge in [-0.3, -0.25) is 4.79 Å². The summed E-state index contributed by atoms with van der Waals surface area (Å²) < 4.78 is 7.32. The van der Waals surface area contributed by atoms with Crippen molar-refractivity contribution in [3.63, 3.8) is 0 Å². The maximum Gasteiger partial charge on any atom is 0.223 e. The van der Waals surface area contributed by atoms with Crippen molar-refractivity contribution >= 4 is 0 Å². The second-order valence-corrected chi connectivity index (χ2v) is 3.94. The zero-order valence-corrected chi connectivity index (χ0v) is 8.90. The van der Waals surface area contributed by atoms with Gasteiger partial charge in [0.1, 0.15) is 6.61 Å². The molecule has 1 unspecified atom stereocenters. The first kappa shape index (κ1) is 10.2. The van der Waals surface area contributed by atoms with Crippen LogP contribution in [0.2, 0.25) is 0 Å². The maximum absolute atomic E-state index is 11.4. The molecule has 2 rings (SSSR count). The molecular formula is C11H16N2O2. The minimum atomic E-state index is -0.0499. The monoisotopic (exact) mass is 208 g/mol. The Balaban J connectivity index is 1.97. The Morgan fingerprint density at radius 3 is 3.27 bits per heavy atom. The summed E-state index contributed by atoms with van der Waals surface area (Å²) >= 11 is 0. The van der Waals surface area contributed by atoms with Crippen LogP contribution in [-0.2, 0) is 7.05 Å². The van der Waals surface area contributed by atoms with Gasteiger partial charge >= 0.3 is 0 Å². The summed E-state index contributed by atoms with van der Waals surface area (Å²) in [5.74, 6) is 0.439. The van der Waals surface area contributed by atoms with Gasteiger partial charge in [-0.1, -0.05) is 0 Å². The van der Waals surface area contributed by atoms with Crippen molar-refractivity contribution in [2.75, 3.05) is 13.2 Å². The Kier molecular flexibility index (Phi) is 3.06. The third kappa shape index (κ3) is 2.59. The molecule has 4 heteroatoms. The minimum absolute atomic E-state index is 0.0499. The molecule has 0 amide bonds. The van der Waals surface area contributed by atoms with E-state index >= 15 is 0 Å². The SMILES string of the molecule is Cn1ccc(=O)c(OCC2CCCN2)c1. The van der Waals surface area contributed by atoms with Gasteiger partial charge in [0.05, 0.1) is 0 Å². The highest BCUT2D eigenvalue weighted by atomic mass is 16.5. The van der Waals surface area contributed by atoms with Crippen molar-refractivity contribution in [3.8, 4) is 5.75 Å². The van der Waals surface area contributed by atoms with Crippen LogP contribution in [0.5, 0.6) is 5.75 Å². The van der Waals surface area contributed by atoms with Crippen LogP contribution < -0.4 is 15.5 Å². The number of hydrogen-bond acceptors (Lipinski definition) is 3. The van der Waals surface area contributed by atoms with Crippen molar-refractivity contribution in [3.05, 3.63) is 28.7 Å². The molecule has 1 atom stereocenters. The molecule has 1 saturated heterocycles. The van der Waals surface area contributed by atoms with Gasteiger partial charge in [0.15, 0.2) is 5.75 Å². The third-order valence-corrected chi connectivity index (χ3v) is 2.63. The summed E-state index contributed by atoms with van der Waals surface area (Å²) in [4.78, 5) is 11.4. The number of nitrogens with zero attached hydrogens (tertiary/aromatic N) is 1. The van der Waals surface area contributed by atoms with Crippen LogP contribution >= 0.6 is 0 Å². The third-order valence-electron chi connectivity index (χ3n) is 2.63. The molecule has 1 aromatic heterocycles. The van der Waals surface area contributed by atoms with Crippen molar-refractivity contribution < 1.29 is 4.74 Å². The van der Waals surface area contributed by atoms with E-state index in [-0.39, 0.29) is 5.43 Å². The lowest BCUT2D eigenvalue weighted by molar-refractivity contribution is 0.273. The molecule has 4 nitrogen and oxygen atoms in total. The van der Waals surface area contributed by atoms with E-state index in [0.29, 0.717) is 18.4 Å². The fraction of sp³-hybridized carbons (Fsp3) is 0.545. The fourth-order valence-corrected chi connectivity index (χ4v) is 1.76. The molecule has 0 spiro atoms. The van der Waals surface area contributed by atoms with Gasteiger partial charge in [0.25, 0.3) is 0 Å². The summed E-state index contributed by atoms with van der Waals surface area (Å²) in [6.45, 7) is 1.64. The molecule has 0 radical (unpaired) electrons. The smallest absolute Gasteiger partial charge is 0.223 e. The second-order valence-electron chi connectivity index (χ2n) is 3.94. The summed E-state index contributed by atoms with van der Waals surface area (Å²) in [5, 5.41) is 3.33. The normalized spacial score (nSPS) is 20.5. The number of pyridine rings is 1. The quantitative estimate of drug-likeness (QED) is 0.787. The molecular weight excluding hydrogens is 192 g/mol. The molecule has 2 heterocycles. The zero-order chi connectivity index (χ0) is 10.7. The second kappa shape index (κ2) is 4.49. The number of ether oxygens (including phenoxy) is 1. The Morgan fingerprint density at radius 2 is 2.53 bits per heavy atom. The molecule has 82 valence electrons. The van der Waals surface area contributed by atoms with Gasteiger partial charge in [-0.05, 0) is 19.4 Å². The van der Waals surface area contributed by atoms with Crippen LogP contribution in [-0.4, -0.2) is 23.8 Å². The van der Waals surface area contributed by atoms with Gasteiger partial charge in [0, 0.05) is 31.5 Å². The molecule has 0 bridgehead atoms. The molecule has 1 aromatic rings. The van der Waals surface area contributed by atoms with Crippen molar-refractivity contribution in [1.82, 2.24) is 9.88 Å². The summed E-state index contributed by atoms with van der Waals surface area (Å²) in [7, 11) is 1.88. The Hall–Kier alpha value is -1.29. The zero-order valence-electron chi connectivity index (χ0n) is 8.90. The number of hydrogen-bond donors (Lipinski definition) is 1. The fourth-order valence-electron chi connectivity index (χ4n) is 1.76. The van der Waals surface area contributed by atoms with Crippen molar-refractivity contribution in [1.29, 1.82) is 0 Å². The summed E-state index contributed by atoms with van der Waals surface area (Å²) in [5.41, 5.74) is -0.0499. The highest BCUT2D eigenvalue weighted by Gasteiger charge is 2.14. The minimum Gasteiger partial charge on any atom is -0.486 e. The van der Waals surface area contributed by atoms with E-state index in [9.17, 15) is 4.79 Å². The van der Waals surface area contributed by atoms with Crippen LogP contribution in [0.1, 0.15) is 12.8 Å². The summed E-state index contributed by atoms with van der Waals surface area (Å²) in [6, 6.07) is 1.92. The lowest BCUT2D eigenvalue weighted by Crippen LogP contribution is -2.29. The van der Waals surface area contributed by atoms with E-state index in [2.05, 4.69) is 5.32 Å². The first-order valence-corrected chi connectivity index (χ1v) is 5.28. The number of aryl methyl sites for hydroxylation is 1. The molecule has 15 heavy (non-hydrogen) atoms. The molecule has 0 aromatic carbocycles. The molecule has 1 aliphatic rings. The van der Waals surface area contributed by atoms with Gasteiger partial charge in [0.2, 0.25) is 5.43 Å². The highest BCUT2D eigenvalue weighted by Crippen LogP contribution is 2.07. The van der Waals surface area contributed by atoms with E-state index in [1.54, 1.807) is 12.4 Å². The molecule has 1 fully saturated rings. The topological polar surface area (TPSA) is 43.3 Å². The Bertz CT molecular complexity index is 380. The van der Waals surface area contributed by atoms with Gasteiger partial charge in [-0.15, -0.1) is 0 Å². The van der Waals surface area contributed by atoms with Gasteiger partial charge < -0.3 is 14.6 Å². The molecule has 1 aliphatic heterocycles. The van der Waals surface area contributed by atoms with E-state index in [4.69, 9.17) is 4.74 Å². The first-order chi connectivity index (χ1) is 7.25. The maximum atomic E-state index is 11.4. The molecule has 0 aliphatic carbocycles. The van der Waals surface area contributed by atoms with Gasteiger partial charge in [-0.25, -0.2) is 0 Å². The highest BCUT2D eigenvalue weighted by molar-refractivity contribution is 5.17. The predicted octanol–water partition coefficient (Wildman–Crippen LogP) is 0.516. The Labute approximate surface area is 88.9 Å². The largest absolute Gasteiger partial charge is 0.486 e. The number of rotatable bonds is 3. The average molecular weight is 208 g/mol. The average Bonchev–Trinajstić information content (AvgIpc) is 2.72. The summed E-state index contributed by atoms with van der Waals surface area (Å²) in [6.07, 6.45) is 5.77. The van der Waals surface area contributed by atoms with E-state index in [1.165, 1.54) is 12.5 Å². The first-order valence-electron chi connectivity index (χ1n) is 5.28. The lowest BCUT2D eigenvalue weighted by Gasteiger charge is -2.11. The standard InChI is InChI=1S/C11H16N2O2/c1-13-6-4-10(14)11(7-13)15-8-9-3-2-5-12-9/h4,6-7,9,12H,2-3,5,8H2,1H3. The van der Waals surface area contributed by atoms with Crippen LogP contribution in [0, 0.1) is 0 Å². The van der Waals surface area contributed by atoms with Gasteiger partial charge in [-0.2, -0.15) is 0 Å². The Morgan fingerprint density at radius 1 is 1.67 bits per heavy atom. The molecule has 1 N–H and O–H groups in total. The van der Waals surface area contributed by atoms with Crippen molar-refractivity contribution in [2.24, 2.45) is 7.05 Å². The lowest BCUT2D eigenvalue weighted by atomic mass is 10.2. The number of nitrogens with one attached hydrogen (secondary N) is 1. The van der Waals surface area contributed by atoms with Crippen LogP contribution in [0.25, 0.3) is 0 Å². The van der Waals surface area contributed by atoms with Crippen LogP contribution in [0.4, 0.5) is 0 Å². The number of aromatic nitrogens is 1. The van der Waals surface area contributed by atoms with Crippen LogP contribution in [0.15, 0.2) is 23.3 Å². The van der Waals surface area contributed by atoms with E-state index < -0.39 is 0 Å².